The first-order valence-electron chi connectivity index (χ1n) is 5.36. The number of carbonyl (C=O) groups is 2. The normalized spacial score (nSPS) is 10.0. The van der Waals surface area contributed by atoms with Crippen LogP contribution in [0.3, 0.4) is 0 Å². The Morgan fingerprint density at radius 3 is 2.71 bits per heavy atom. The maximum absolute atomic E-state index is 11.6. The third-order valence-corrected chi connectivity index (χ3v) is 2.36. The Kier molecular flexibility index (Phi) is 4.63. The van der Waals surface area contributed by atoms with Gasteiger partial charge in [0.25, 0.3) is 0 Å². The molecule has 1 heterocycles. The molecular weight excluding hydrogens is 220 g/mol. The maximum atomic E-state index is 11.6. The van der Waals surface area contributed by atoms with Crippen LogP contribution in [0.4, 0.5) is 0 Å². The van der Waals surface area contributed by atoms with Crippen LogP contribution in [0.15, 0.2) is 18.3 Å². The van der Waals surface area contributed by atoms with Crippen molar-refractivity contribution in [3.05, 3.63) is 29.6 Å². The minimum Gasteiger partial charge on any atom is -0.481 e. The lowest BCUT2D eigenvalue weighted by Crippen LogP contribution is -2.26. The van der Waals surface area contributed by atoms with E-state index in [0.717, 1.165) is 11.3 Å². The maximum Gasteiger partial charge on any atom is 0.303 e. The Bertz CT molecular complexity index is 418. The molecule has 0 aliphatic carbocycles. The van der Waals surface area contributed by atoms with Gasteiger partial charge in [-0.2, -0.15) is 0 Å². The minimum absolute atomic E-state index is 0.0376. The van der Waals surface area contributed by atoms with E-state index in [1.807, 2.05) is 19.1 Å². The Morgan fingerprint density at radius 2 is 2.12 bits per heavy atom. The summed E-state index contributed by atoms with van der Waals surface area (Å²) in [7, 11) is 1.67. The molecule has 1 aromatic rings. The molecule has 0 saturated carbocycles. The number of aromatic nitrogens is 1. The average Bonchev–Trinajstić information content (AvgIpc) is 2.25. The third kappa shape index (κ3) is 4.63. The first-order valence-corrected chi connectivity index (χ1v) is 5.36. The summed E-state index contributed by atoms with van der Waals surface area (Å²) in [5.74, 6) is -1.12. The lowest BCUT2D eigenvalue weighted by molar-refractivity contribution is -0.140. The monoisotopic (exact) mass is 236 g/mol. The van der Waals surface area contributed by atoms with E-state index >= 15 is 0 Å². The van der Waals surface area contributed by atoms with Gasteiger partial charge in [0.05, 0.1) is 6.42 Å². The molecule has 1 amide bonds. The van der Waals surface area contributed by atoms with Gasteiger partial charge in [0.15, 0.2) is 0 Å². The Balaban J connectivity index is 2.51. The molecule has 0 atom stereocenters. The van der Waals surface area contributed by atoms with Gasteiger partial charge in [-0.1, -0.05) is 0 Å². The Labute approximate surface area is 100 Å². The van der Waals surface area contributed by atoms with E-state index in [1.165, 1.54) is 4.90 Å². The van der Waals surface area contributed by atoms with Gasteiger partial charge < -0.3 is 10.0 Å². The van der Waals surface area contributed by atoms with Crippen LogP contribution < -0.4 is 0 Å². The number of pyridine rings is 1. The number of rotatable bonds is 5. The fraction of sp³-hybridized carbons (Fsp3) is 0.417. The van der Waals surface area contributed by atoms with Crippen LogP contribution in [0.5, 0.6) is 0 Å². The predicted molar refractivity (Wildman–Crippen MR) is 62.3 cm³/mol. The standard InChI is InChI=1S/C12H16N2O3/c1-9-7-10(5-6-13-9)8-14(2)11(15)3-4-12(16)17/h5-7H,3-4,8H2,1-2H3,(H,16,17). The van der Waals surface area contributed by atoms with Gasteiger partial charge in [0.1, 0.15) is 0 Å². The highest BCUT2D eigenvalue weighted by atomic mass is 16.4. The Morgan fingerprint density at radius 1 is 1.41 bits per heavy atom. The first-order chi connectivity index (χ1) is 7.99. The fourth-order valence-electron chi connectivity index (χ4n) is 1.47. The van der Waals surface area contributed by atoms with Gasteiger partial charge in [-0.3, -0.25) is 14.6 Å². The number of nitrogens with zero attached hydrogens (tertiary/aromatic N) is 2. The van der Waals surface area contributed by atoms with Crippen LogP contribution >= 0.6 is 0 Å². The van der Waals surface area contributed by atoms with Crippen molar-refractivity contribution in [1.82, 2.24) is 9.88 Å². The SMILES string of the molecule is Cc1cc(CN(C)C(=O)CCC(=O)O)ccn1. The number of carboxylic acids is 1. The molecule has 1 N–H and O–H groups in total. The zero-order chi connectivity index (χ0) is 12.8. The molecule has 1 aromatic heterocycles. The van der Waals surface area contributed by atoms with Gasteiger partial charge in [-0.25, -0.2) is 0 Å². The number of carboxylic acid groups (broad SMARTS) is 1. The fourth-order valence-corrected chi connectivity index (χ4v) is 1.47. The Hall–Kier alpha value is -1.91. The molecule has 0 saturated heterocycles. The zero-order valence-corrected chi connectivity index (χ0v) is 10.0. The largest absolute Gasteiger partial charge is 0.481 e. The molecule has 1 rings (SSSR count). The number of aryl methyl sites for hydroxylation is 1. The lowest BCUT2D eigenvalue weighted by atomic mass is 10.2. The van der Waals surface area contributed by atoms with Crippen molar-refractivity contribution in [2.75, 3.05) is 7.05 Å². The third-order valence-electron chi connectivity index (χ3n) is 2.36. The zero-order valence-electron chi connectivity index (χ0n) is 10.0. The van der Waals surface area contributed by atoms with E-state index in [4.69, 9.17) is 5.11 Å². The molecule has 0 bridgehead atoms. The second kappa shape index (κ2) is 5.98. The second-order valence-corrected chi connectivity index (χ2v) is 3.95. The predicted octanol–water partition coefficient (Wildman–Crippen LogP) is 1.21. The van der Waals surface area contributed by atoms with Crippen molar-refractivity contribution in [2.24, 2.45) is 0 Å². The lowest BCUT2D eigenvalue weighted by Gasteiger charge is -2.16. The summed E-state index contributed by atoms with van der Waals surface area (Å²) in [4.78, 5) is 27.5. The molecule has 0 unspecified atom stereocenters. The van der Waals surface area contributed by atoms with Crippen molar-refractivity contribution < 1.29 is 14.7 Å². The van der Waals surface area contributed by atoms with E-state index in [9.17, 15) is 9.59 Å². The molecule has 0 fully saturated rings. The van der Waals surface area contributed by atoms with Crippen LogP contribution in [0.25, 0.3) is 0 Å². The molecule has 5 heteroatoms. The summed E-state index contributed by atoms with van der Waals surface area (Å²) in [5, 5.41) is 8.49. The number of aliphatic carboxylic acids is 1. The summed E-state index contributed by atoms with van der Waals surface area (Å²) >= 11 is 0. The summed E-state index contributed by atoms with van der Waals surface area (Å²) in [6.45, 7) is 2.36. The highest BCUT2D eigenvalue weighted by Gasteiger charge is 2.11. The smallest absolute Gasteiger partial charge is 0.303 e. The van der Waals surface area contributed by atoms with Crippen molar-refractivity contribution in [1.29, 1.82) is 0 Å². The highest BCUT2D eigenvalue weighted by Crippen LogP contribution is 2.06. The van der Waals surface area contributed by atoms with Crippen molar-refractivity contribution in [2.45, 2.75) is 26.3 Å². The van der Waals surface area contributed by atoms with E-state index in [0.29, 0.717) is 6.54 Å². The van der Waals surface area contributed by atoms with E-state index < -0.39 is 5.97 Å². The van der Waals surface area contributed by atoms with Gasteiger partial charge in [-0.05, 0) is 24.6 Å². The van der Waals surface area contributed by atoms with Crippen LogP contribution in [0.1, 0.15) is 24.1 Å². The van der Waals surface area contributed by atoms with Crippen molar-refractivity contribution in [3.63, 3.8) is 0 Å². The highest BCUT2D eigenvalue weighted by molar-refractivity contribution is 5.80. The number of carbonyl (C=O) groups excluding carboxylic acids is 1. The molecule has 0 aliphatic heterocycles. The van der Waals surface area contributed by atoms with Gasteiger partial charge >= 0.3 is 5.97 Å². The van der Waals surface area contributed by atoms with Crippen molar-refractivity contribution in [3.8, 4) is 0 Å². The summed E-state index contributed by atoms with van der Waals surface area (Å²) < 4.78 is 0. The number of hydrogen-bond acceptors (Lipinski definition) is 3. The van der Waals surface area contributed by atoms with Crippen LogP contribution in [-0.2, 0) is 16.1 Å². The number of amides is 1. The number of hydrogen-bond donors (Lipinski definition) is 1. The van der Waals surface area contributed by atoms with Crippen LogP contribution in [0.2, 0.25) is 0 Å². The molecule has 0 radical (unpaired) electrons. The summed E-state index contributed by atoms with van der Waals surface area (Å²) in [6.07, 6.45) is 1.61. The summed E-state index contributed by atoms with van der Waals surface area (Å²) in [6, 6.07) is 3.74. The minimum atomic E-state index is -0.952. The van der Waals surface area contributed by atoms with Crippen LogP contribution in [-0.4, -0.2) is 33.9 Å². The van der Waals surface area contributed by atoms with E-state index in [-0.39, 0.29) is 18.7 Å². The summed E-state index contributed by atoms with van der Waals surface area (Å²) in [5.41, 5.74) is 1.89. The quantitative estimate of drug-likeness (QED) is 0.834. The average molecular weight is 236 g/mol. The topological polar surface area (TPSA) is 70.5 Å². The molecule has 92 valence electrons. The van der Waals surface area contributed by atoms with Crippen molar-refractivity contribution >= 4 is 11.9 Å². The van der Waals surface area contributed by atoms with Gasteiger partial charge in [0.2, 0.25) is 5.91 Å². The molecule has 17 heavy (non-hydrogen) atoms. The molecular formula is C12H16N2O3. The molecule has 0 spiro atoms. The van der Waals surface area contributed by atoms with Crippen LogP contribution in [0, 0.1) is 6.92 Å². The van der Waals surface area contributed by atoms with E-state index in [2.05, 4.69) is 4.98 Å². The molecule has 0 aromatic carbocycles. The molecule has 5 nitrogen and oxygen atoms in total. The first kappa shape index (κ1) is 13.2. The van der Waals surface area contributed by atoms with Gasteiger partial charge in [0, 0.05) is 31.9 Å². The molecule has 0 aliphatic rings. The second-order valence-electron chi connectivity index (χ2n) is 3.95. The van der Waals surface area contributed by atoms with Gasteiger partial charge in [-0.15, -0.1) is 0 Å². The van der Waals surface area contributed by atoms with E-state index in [1.54, 1.807) is 13.2 Å².